The number of benzene rings is 1. The van der Waals surface area contributed by atoms with Crippen LogP contribution in [0.15, 0.2) is 29.2 Å². The third kappa shape index (κ3) is 4.98. The molecule has 4 nitrogen and oxygen atoms in total. The van der Waals surface area contributed by atoms with Crippen molar-refractivity contribution in [2.24, 2.45) is 0 Å². The first-order valence-corrected chi connectivity index (χ1v) is 9.85. The highest BCUT2D eigenvalue weighted by atomic mass is 32.2. The first-order valence-electron chi connectivity index (χ1n) is 7.21. The van der Waals surface area contributed by atoms with Crippen molar-refractivity contribution in [1.82, 2.24) is 10.0 Å². The van der Waals surface area contributed by atoms with E-state index in [-0.39, 0.29) is 0 Å². The number of hydrogen-bond acceptors (Lipinski definition) is 4. The Morgan fingerprint density at radius 2 is 2.00 bits per heavy atom. The lowest BCUT2D eigenvalue weighted by Crippen LogP contribution is -2.41. The molecule has 1 unspecified atom stereocenters. The summed E-state index contributed by atoms with van der Waals surface area (Å²) in [7, 11) is -3.49. The minimum absolute atomic E-state index is 0.373. The van der Waals surface area contributed by atoms with Gasteiger partial charge in [0.15, 0.2) is 0 Å². The molecule has 1 saturated heterocycles. The Labute approximate surface area is 132 Å². The van der Waals surface area contributed by atoms with Gasteiger partial charge in [-0.3, -0.25) is 0 Å². The predicted molar refractivity (Wildman–Crippen MR) is 89.1 cm³/mol. The Bertz CT molecular complexity index is 574. The van der Waals surface area contributed by atoms with Crippen LogP contribution in [0.5, 0.6) is 0 Å². The minimum Gasteiger partial charge on any atom is -0.309 e. The molecule has 21 heavy (non-hydrogen) atoms. The second kappa shape index (κ2) is 6.69. The SMILES string of the molecule is CC(C)(C)NS(=O)(=O)c1ccccc1CNC1CCSC1. The van der Waals surface area contributed by atoms with Gasteiger partial charge >= 0.3 is 0 Å². The Morgan fingerprint density at radius 1 is 1.29 bits per heavy atom. The predicted octanol–water partition coefficient (Wildman–Crippen LogP) is 2.36. The fraction of sp³-hybridized carbons (Fsp3) is 0.600. The molecule has 118 valence electrons. The smallest absolute Gasteiger partial charge is 0.241 e. The highest BCUT2D eigenvalue weighted by Gasteiger charge is 2.24. The molecule has 0 spiro atoms. The van der Waals surface area contributed by atoms with Gasteiger partial charge in [-0.05, 0) is 44.6 Å². The molecule has 1 atom stereocenters. The van der Waals surface area contributed by atoms with Crippen molar-refractivity contribution in [3.8, 4) is 0 Å². The Morgan fingerprint density at radius 3 is 2.62 bits per heavy atom. The molecule has 0 radical (unpaired) electrons. The molecule has 0 aliphatic carbocycles. The standard InChI is InChI=1S/C15H24N2O2S2/c1-15(2,3)17-21(18,19)14-7-5-4-6-12(14)10-16-13-8-9-20-11-13/h4-7,13,16-17H,8-11H2,1-3H3. The molecule has 1 aromatic carbocycles. The van der Waals surface area contributed by atoms with Crippen molar-refractivity contribution >= 4 is 21.8 Å². The van der Waals surface area contributed by atoms with Crippen molar-refractivity contribution in [3.05, 3.63) is 29.8 Å². The third-order valence-corrected chi connectivity index (χ3v) is 6.23. The van der Waals surface area contributed by atoms with E-state index in [2.05, 4.69) is 10.0 Å². The van der Waals surface area contributed by atoms with Gasteiger partial charge in [0, 0.05) is 23.9 Å². The average Bonchev–Trinajstić information content (AvgIpc) is 2.87. The van der Waals surface area contributed by atoms with E-state index < -0.39 is 15.6 Å². The highest BCUT2D eigenvalue weighted by molar-refractivity contribution is 7.99. The van der Waals surface area contributed by atoms with E-state index in [1.165, 1.54) is 5.75 Å². The summed E-state index contributed by atoms with van der Waals surface area (Å²) < 4.78 is 27.8. The highest BCUT2D eigenvalue weighted by Crippen LogP contribution is 2.20. The zero-order valence-corrected chi connectivity index (χ0v) is 14.5. The molecule has 1 heterocycles. The monoisotopic (exact) mass is 328 g/mol. The summed E-state index contributed by atoms with van der Waals surface area (Å²) in [5.74, 6) is 2.29. The van der Waals surface area contributed by atoms with Crippen LogP contribution < -0.4 is 10.0 Å². The van der Waals surface area contributed by atoms with E-state index in [0.717, 1.165) is 17.7 Å². The Kier molecular flexibility index (Phi) is 5.35. The van der Waals surface area contributed by atoms with Crippen LogP contribution in [0.1, 0.15) is 32.8 Å². The van der Waals surface area contributed by atoms with Gasteiger partial charge < -0.3 is 5.32 Å². The third-order valence-electron chi connectivity index (χ3n) is 3.21. The van der Waals surface area contributed by atoms with Crippen LogP contribution in [0.4, 0.5) is 0 Å². The zero-order valence-electron chi connectivity index (χ0n) is 12.8. The normalized spacial score (nSPS) is 19.9. The quantitative estimate of drug-likeness (QED) is 0.871. The van der Waals surface area contributed by atoms with Crippen LogP contribution >= 0.6 is 11.8 Å². The molecule has 2 rings (SSSR count). The van der Waals surface area contributed by atoms with Crippen LogP contribution in [0.2, 0.25) is 0 Å². The molecule has 2 N–H and O–H groups in total. The molecule has 6 heteroatoms. The summed E-state index contributed by atoms with van der Waals surface area (Å²) in [5, 5.41) is 3.46. The van der Waals surface area contributed by atoms with Gasteiger partial charge in [0.1, 0.15) is 0 Å². The van der Waals surface area contributed by atoms with E-state index in [9.17, 15) is 8.42 Å². The van der Waals surface area contributed by atoms with Crippen LogP contribution in [0, 0.1) is 0 Å². The first kappa shape index (κ1) is 16.8. The summed E-state index contributed by atoms with van der Waals surface area (Å²) in [6.07, 6.45) is 1.15. The van der Waals surface area contributed by atoms with E-state index in [4.69, 9.17) is 0 Å². The van der Waals surface area contributed by atoms with E-state index in [1.54, 1.807) is 12.1 Å². The van der Waals surface area contributed by atoms with Gasteiger partial charge in [-0.25, -0.2) is 13.1 Å². The number of nitrogens with one attached hydrogen (secondary N) is 2. The Hall–Kier alpha value is -0.560. The summed E-state index contributed by atoms with van der Waals surface area (Å²) >= 11 is 1.94. The van der Waals surface area contributed by atoms with Crippen molar-refractivity contribution in [1.29, 1.82) is 0 Å². The lowest BCUT2D eigenvalue weighted by atomic mass is 10.1. The second-order valence-electron chi connectivity index (χ2n) is 6.40. The molecule has 1 aliphatic heterocycles. The first-order chi connectivity index (χ1) is 9.78. The molecule has 0 aromatic heterocycles. The maximum absolute atomic E-state index is 12.5. The van der Waals surface area contributed by atoms with Gasteiger partial charge in [-0.2, -0.15) is 11.8 Å². The summed E-state index contributed by atoms with van der Waals surface area (Å²) in [4.78, 5) is 0.373. The van der Waals surface area contributed by atoms with Gasteiger partial charge in [0.25, 0.3) is 0 Å². The molecule has 0 bridgehead atoms. The molecule has 0 amide bonds. The van der Waals surface area contributed by atoms with Crippen molar-refractivity contribution in [2.45, 2.75) is 50.2 Å². The topological polar surface area (TPSA) is 58.2 Å². The average molecular weight is 329 g/mol. The van der Waals surface area contributed by atoms with E-state index >= 15 is 0 Å². The molecule has 1 fully saturated rings. The lowest BCUT2D eigenvalue weighted by molar-refractivity contribution is 0.489. The van der Waals surface area contributed by atoms with Crippen LogP contribution in [-0.2, 0) is 16.6 Å². The van der Waals surface area contributed by atoms with Crippen LogP contribution in [-0.4, -0.2) is 31.5 Å². The number of hydrogen-bond donors (Lipinski definition) is 2. The van der Waals surface area contributed by atoms with Crippen molar-refractivity contribution < 1.29 is 8.42 Å². The lowest BCUT2D eigenvalue weighted by Gasteiger charge is -2.22. The number of rotatable bonds is 5. The summed E-state index contributed by atoms with van der Waals surface area (Å²) in [6, 6.07) is 7.70. The number of thioether (sulfide) groups is 1. The molecule has 1 aromatic rings. The largest absolute Gasteiger partial charge is 0.309 e. The molecule has 1 aliphatic rings. The number of sulfonamides is 1. The fourth-order valence-electron chi connectivity index (χ4n) is 2.32. The van der Waals surface area contributed by atoms with Crippen molar-refractivity contribution in [2.75, 3.05) is 11.5 Å². The van der Waals surface area contributed by atoms with Crippen molar-refractivity contribution in [3.63, 3.8) is 0 Å². The van der Waals surface area contributed by atoms with Gasteiger partial charge in [-0.1, -0.05) is 18.2 Å². The summed E-state index contributed by atoms with van der Waals surface area (Å²) in [5.41, 5.74) is 0.340. The Balaban J connectivity index is 2.15. The van der Waals surface area contributed by atoms with Crippen LogP contribution in [0.25, 0.3) is 0 Å². The fourth-order valence-corrected chi connectivity index (χ4v) is 5.17. The molecular formula is C15H24N2O2S2. The van der Waals surface area contributed by atoms with Crippen LogP contribution in [0.3, 0.4) is 0 Å². The van der Waals surface area contributed by atoms with Gasteiger partial charge in [0.05, 0.1) is 4.90 Å². The van der Waals surface area contributed by atoms with E-state index in [1.807, 2.05) is 44.7 Å². The summed E-state index contributed by atoms with van der Waals surface area (Å²) in [6.45, 7) is 6.13. The maximum atomic E-state index is 12.5. The minimum atomic E-state index is -3.49. The van der Waals surface area contributed by atoms with Gasteiger partial charge in [0.2, 0.25) is 10.0 Å². The zero-order chi connectivity index (χ0) is 15.5. The van der Waals surface area contributed by atoms with Gasteiger partial charge in [-0.15, -0.1) is 0 Å². The molecule has 0 saturated carbocycles. The maximum Gasteiger partial charge on any atom is 0.241 e. The molecular weight excluding hydrogens is 304 g/mol. The van der Waals surface area contributed by atoms with E-state index in [0.29, 0.717) is 17.5 Å². The second-order valence-corrected chi connectivity index (χ2v) is 9.21.